The molecule has 0 aliphatic carbocycles. The summed E-state index contributed by atoms with van der Waals surface area (Å²) in [7, 11) is 0. The molecule has 0 amide bonds. The summed E-state index contributed by atoms with van der Waals surface area (Å²) < 4.78 is 9.82. The van der Waals surface area contributed by atoms with Crippen LogP contribution in [0.1, 0.15) is 26.7 Å². The van der Waals surface area contributed by atoms with Crippen LogP contribution in [0, 0.1) is 0 Å². The molecule has 0 saturated heterocycles. The molecule has 0 aromatic rings. The number of aliphatic hydroxyl groups is 1. The Labute approximate surface area is 78.8 Å². The molecular formula is C9H18O4. The molecule has 0 unspecified atom stereocenters. The van der Waals surface area contributed by atoms with E-state index in [-0.39, 0.29) is 6.61 Å². The zero-order valence-electron chi connectivity index (χ0n) is 8.28. The van der Waals surface area contributed by atoms with Gasteiger partial charge in [0, 0.05) is 6.61 Å². The average molecular weight is 190 g/mol. The number of carbonyl (C=O) groups is 1. The van der Waals surface area contributed by atoms with Crippen LogP contribution in [-0.2, 0) is 14.3 Å². The molecule has 0 heterocycles. The van der Waals surface area contributed by atoms with E-state index in [2.05, 4.69) is 11.7 Å². The molecule has 0 saturated carbocycles. The molecule has 4 heteroatoms. The van der Waals surface area contributed by atoms with Crippen LogP contribution in [0.25, 0.3) is 0 Å². The summed E-state index contributed by atoms with van der Waals surface area (Å²) in [5.41, 5.74) is 0. The molecule has 1 atom stereocenters. The summed E-state index contributed by atoms with van der Waals surface area (Å²) in [5.74, 6) is -0.598. The molecule has 0 aromatic carbocycles. The van der Waals surface area contributed by atoms with Crippen LogP contribution >= 0.6 is 0 Å². The minimum absolute atomic E-state index is 0.216. The smallest absolute Gasteiger partial charge is 0.334 e. The molecule has 13 heavy (non-hydrogen) atoms. The summed E-state index contributed by atoms with van der Waals surface area (Å²) in [6, 6.07) is 0. The Balaban J connectivity index is 3.12. The van der Waals surface area contributed by atoms with Gasteiger partial charge in [0.1, 0.15) is 12.7 Å². The summed E-state index contributed by atoms with van der Waals surface area (Å²) in [6.45, 7) is 4.77. The van der Waals surface area contributed by atoms with Gasteiger partial charge in [-0.2, -0.15) is 0 Å². The van der Waals surface area contributed by atoms with Gasteiger partial charge in [-0.15, -0.1) is 0 Å². The topological polar surface area (TPSA) is 55.8 Å². The van der Waals surface area contributed by atoms with Gasteiger partial charge in [0.25, 0.3) is 0 Å². The van der Waals surface area contributed by atoms with Gasteiger partial charge >= 0.3 is 5.97 Å². The van der Waals surface area contributed by atoms with Crippen molar-refractivity contribution in [2.24, 2.45) is 0 Å². The molecule has 0 fully saturated rings. The maximum absolute atomic E-state index is 10.7. The summed E-state index contributed by atoms with van der Waals surface area (Å²) in [5, 5.41) is 8.75. The zero-order chi connectivity index (χ0) is 10.1. The molecule has 4 nitrogen and oxygen atoms in total. The summed E-state index contributed by atoms with van der Waals surface area (Å²) in [4.78, 5) is 10.7. The molecule has 1 N–H and O–H groups in total. The second-order valence-electron chi connectivity index (χ2n) is 2.81. The maximum atomic E-state index is 10.7. The quantitative estimate of drug-likeness (QED) is 0.475. The van der Waals surface area contributed by atoms with E-state index in [1.54, 1.807) is 0 Å². The van der Waals surface area contributed by atoms with Crippen molar-refractivity contribution in [3.63, 3.8) is 0 Å². The molecule has 78 valence electrons. The predicted octanol–water partition coefficient (Wildman–Crippen LogP) is 0.727. The van der Waals surface area contributed by atoms with E-state index in [1.165, 1.54) is 6.92 Å². The van der Waals surface area contributed by atoms with E-state index >= 15 is 0 Å². The lowest BCUT2D eigenvalue weighted by atomic mass is 10.4. The highest BCUT2D eigenvalue weighted by molar-refractivity contribution is 5.73. The first-order valence-electron chi connectivity index (χ1n) is 4.61. The molecule has 0 spiro atoms. The van der Waals surface area contributed by atoms with Gasteiger partial charge in [-0.3, -0.25) is 0 Å². The Morgan fingerprint density at radius 3 is 2.62 bits per heavy atom. The monoisotopic (exact) mass is 190 g/mol. The molecular weight excluding hydrogens is 172 g/mol. The van der Waals surface area contributed by atoms with Gasteiger partial charge in [0.05, 0.1) is 6.61 Å². The second-order valence-corrected chi connectivity index (χ2v) is 2.81. The van der Waals surface area contributed by atoms with E-state index in [1.807, 2.05) is 0 Å². The molecule has 0 bridgehead atoms. The number of rotatable bonds is 7. The van der Waals surface area contributed by atoms with Crippen LogP contribution in [-0.4, -0.2) is 37.0 Å². The van der Waals surface area contributed by atoms with Crippen LogP contribution in [0.4, 0.5) is 0 Å². The van der Waals surface area contributed by atoms with Gasteiger partial charge in [0.15, 0.2) is 0 Å². The number of aliphatic hydroxyl groups excluding tert-OH is 1. The van der Waals surface area contributed by atoms with Crippen molar-refractivity contribution >= 4 is 5.97 Å². The Morgan fingerprint density at radius 1 is 1.38 bits per heavy atom. The largest absolute Gasteiger partial charge is 0.461 e. The standard InChI is InChI=1S/C9H18O4/c1-3-4-5-12-6-7-13-9(11)8(2)10/h8,10H,3-7H2,1-2H3/t8-/m1/s1. The Morgan fingerprint density at radius 2 is 2.08 bits per heavy atom. The average Bonchev–Trinajstić information content (AvgIpc) is 2.10. The lowest BCUT2D eigenvalue weighted by molar-refractivity contribution is -0.154. The van der Waals surface area contributed by atoms with Gasteiger partial charge < -0.3 is 14.6 Å². The summed E-state index contributed by atoms with van der Waals surface area (Å²) >= 11 is 0. The van der Waals surface area contributed by atoms with Crippen LogP contribution in [0.5, 0.6) is 0 Å². The third kappa shape index (κ3) is 7.74. The zero-order valence-corrected chi connectivity index (χ0v) is 8.28. The van der Waals surface area contributed by atoms with Gasteiger partial charge in [-0.25, -0.2) is 4.79 Å². The van der Waals surface area contributed by atoms with E-state index in [0.29, 0.717) is 13.2 Å². The van der Waals surface area contributed by atoms with Crippen molar-refractivity contribution in [1.82, 2.24) is 0 Å². The molecule has 0 aliphatic rings. The van der Waals surface area contributed by atoms with Crippen molar-refractivity contribution in [1.29, 1.82) is 0 Å². The fraction of sp³-hybridized carbons (Fsp3) is 0.889. The lowest BCUT2D eigenvalue weighted by Crippen LogP contribution is -2.21. The van der Waals surface area contributed by atoms with Crippen molar-refractivity contribution in [2.45, 2.75) is 32.8 Å². The number of hydrogen-bond donors (Lipinski definition) is 1. The fourth-order valence-electron chi connectivity index (χ4n) is 0.670. The number of esters is 1. The lowest BCUT2D eigenvalue weighted by Gasteiger charge is -2.06. The first-order valence-corrected chi connectivity index (χ1v) is 4.61. The SMILES string of the molecule is CCCCOCCOC(=O)[C@@H](C)O. The minimum atomic E-state index is -1.05. The molecule has 0 rings (SSSR count). The predicted molar refractivity (Wildman–Crippen MR) is 48.4 cm³/mol. The normalized spacial score (nSPS) is 12.5. The molecule has 0 radical (unpaired) electrons. The maximum Gasteiger partial charge on any atom is 0.334 e. The highest BCUT2D eigenvalue weighted by Gasteiger charge is 2.08. The van der Waals surface area contributed by atoms with Crippen LogP contribution in [0.3, 0.4) is 0 Å². The second kappa shape index (κ2) is 8.01. The molecule has 0 aromatic heterocycles. The Bertz CT molecular complexity index is 134. The Hall–Kier alpha value is -0.610. The number of hydrogen-bond acceptors (Lipinski definition) is 4. The number of ether oxygens (including phenoxy) is 2. The third-order valence-electron chi connectivity index (χ3n) is 1.46. The van der Waals surface area contributed by atoms with Gasteiger partial charge in [0.2, 0.25) is 0 Å². The van der Waals surface area contributed by atoms with Crippen LogP contribution in [0.15, 0.2) is 0 Å². The first-order chi connectivity index (χ1) is 6.18. The van der Waals surface area contributed by atoms with Gasteiger partial charge in [-0.05, 0) is 13.3 Å². The van der Waals surface area contributed by atoms with Crippen molar-refractivity contribution in [3.8, 4) is 0 Å². The van der Waals surface area contributed by atoms with E-state index in [4.69, 9.17) is 9.84 Å². The van der Waals surface area contributed by atoms with E-state index < -0.39 is 12.1 Å². The Kier molecular flexibility index (Phi) is 7.63. The van der Waals surface area contributed by atoms with E-state index in [0.717, 1.165) is 12.8 Å². The van der Waals surface area contributed by atoms with Crippen molar-refractivity contribution in [3.05, 3.63) is 0 Å². The highest BCUT2D eigenvalue weighted by Crippen LogP contribution is 1.89. The summed E-state index contributed by atoms with van der Waals surface area (Å²) in [6.07, 6.45) is 1.06. The fourth-order valence-corrected chi connectivity index (χ4v) is 0.670. The minimum Gasteiger partial charge on any atom is -0.461 e. The van der Waals surface area contributed by atoms with Gasteiger partial charge in [-0.1, -0.05) is 13.3 Å². The van der Waals surface area contributed by atoms with Crippen LogP contribution in [0.2, 0.25) is 0 Å². The third-order valence-corrected chi connectivity index (χ3v) is 1.46. The number of carbonyl (C=O) groups excluding carboxylic acids is 1. The van der Waals surface area contributed by atoms with E-state index in [9.17, 15) is 4.79 Å². The highest BCUT2D eigenvalue weighted by atomic mass is 16.6. The van der Waals surface area contributed by atoms with Crippen LogP contribution < -0.4 is 0 Å². The number of unbranched alkanes of at least 4 members (excludes halogenated alkanes) is 1. The van der Waals surface area contributed by atoms with Crippen molar-refractivity contribution < 1.29 is 19.4 Å². The first kappa shape index (κ1) is 12.4. The molecule has 0 aliphatic heterocycles. The van der Waals surface area contributed by atoms with Crippen molar-refractivity contribution in [2.75, 3.05) is 19.8 Å².